The summed E-state index contributed by atoms with van der Waals surface area (Å²) in [7, 11) is -5.94. The fourth-order valence-corrected chi connectivity index (χ4v) is 2.86. The Balaban J connectivity index is 3.26. The van der Waals surface area contributed by atoms with Gasteiger partial charge in [-0.25, -0.2) is 0 Å². The molecule has 0 amide bonds. The van der Waals surface area contributed by atoms with Crippen LogP contribution in [0.5, 0.6) is 0 Å². The number of carbonyl (C=O) groups is 1. The van der Waals surface area contributed by atoms with E-state index in [9.17, 15) is 26.4 Å². The summed E-state index contributed by atoms with van der Waals surface area (Å²) in [6.07, 6.45) is 0. The largest absolute Gasteiger partial charge is 0.523 e. The van der Waals surface area contributed by atoms with E-state index in [2.05, 4.69) is 4.18 Å². The van der Waals surface area contributed by atoms with Gasteiger partial charge in [-0.2, -0.15) is 21.6 Å². The molecule has 0 aliphatic carbocycles. The van der Waals surface area contributed by atoms with Crippen molar-refractivity contribution in [2.75, 3.05) is 19.8 Å². The van der Waals surface area contributed by atoms with Crippen molar-refractivity contribution in [3.8, 4) is 0 Å². The second-order valence-electron chi connectivity index (χ2n) is 6.27. The molecule has 0 aromatic heterocycles. The molecule has 11 heteroatoms. The molecule has 0 atom stereocenters. The first kappa shape index (κ1) is 21.1. The van der Waals surface area contributed by atoms with E-state index in [1.807, 2.05) is 0 Å². The molecule has 0 radical (unpaired) electrons. The Morgan fingerprint density at radius 2 is 1.62 bits per heavy atom. The first-order chi connectivity index (χ1) is 10.6. The van der Waals surface area contributed by atoms with E-state index in [4.69, 9.17) is 14.2 Å². The van der Waals surface area contributed by atoms with Gasteiger partial charge in [0.15, 0.2) is 5.79 Å². The highest BCUT2D eigenvalue weighted by atomic mass is 32.2. The van der Waals surface area contributed by atoms with Crippen LogP contribution in [0.15, 0.2) is 0 Å². The zero-order valence-electron chi connectivity index (χ0n) is 14.0. The van der Waals surface area contributed by atoms with Gasteiger partial charge in [-0.1, -0.05) is 0 Å². The lowest BCUT2D eigenvalue weighted by Crippen LogP contribution is -2.63. The van der Waals surface area contributed by atoms with E-state index >= 15 is 0 Å². The minimum absolute atomic E-state index is 0.0634. The van der Waals surface area contributed by atoms with Crippen molar-refractivity contribution in [2.24, 2.45) is 5.41 Å². The van der Waals surface area contributed by atoms with Crippen molar-refractivity contribution in [3.05, 3.63) is 0 Å². The third kappa shape index (κ3) is 4.01. The van der Waals surface area contributed by atoms with Crippen molar-refractivity contribution >= 4 is 16.1 Å². The van der Waals surface area contributed by atoms with Crippen LogP contribution in [0, 0.1) is 5.41 Å². The van der Waals surface area contributed by atoms with Gasteiger partial charge >= 0.3 is 21.6 Å². The van der Waals surface area contributed by atoms with Crippen molar-refractivity contribution in [2.45, 2.75) is 51.5 Å². The van der Waals surface area contributed by atoms with Crippen molar-refractivity contribution in [3.63, 3.8) is 0 Å². The number of carbonyl (C=O) groups excluding carboxylic acids is 1. The molecule has 1 saturated heterocycles. The Morgan fingerprint density at radius 1 is 1.17 bits per heavy atom. The van der Waals surface area contributed by atoms with Gasteiger partial charge < -0.3 is 14.2 Å². The number of hydrogen-bond donors (Lipinski definition) is 0. The highest BCUT2D eigenvalue weighted by Gasteiger charge is 2.62. The number of alkyl halides is 3. The predicted molar refractivity (Wildman–Crippen MR) is 75.2 cm³/mol. The second-order valence-corrected chi connectivity index (χ2v) is 7.81. The number of ether oxygens (including phenoxy) is 3. The van der Waals surface area contributed by atoms with Gasteiger partial charge in [-0.15, -0.1) is 0 Å². The molecule has 1 aliphatic heterocycles. The molecule has 0 N–H and O–H groups in total. The zero-order valence-corrected chi connectivity index (χ0v) is 14.8. The number of esters is 1. The Kier molecular flexibility index (Phi) is 5.66. The molecule has 0 bridgehead atoms. The van der Waals surface area contributed by atoms with Crippen LogP contribution in [0.3, 0.4) is 0 Å². The minimum atomic E-state index is -5.94. The zero-order chi connectivity index (χ0) is 19.0. The van der Waals surface area contributed by atoms with Gasteiger partial charge in [-0.3, -0.25) is 8.98 Å². The summed E-state index contributed by atoms with van der Waals surface area (Å²) in [5, 5.41) is 0. The van der Waals surface area contributed by atoms with E-state index in [1.54, 1.807) is 13.8 Å². The smallest absolute Gasteiger partial charge is 0.465 e. The molecule has 142 valence electrons. The molecule has 1 fully saturated rings. The quantitative estimate of drug-likeness (QED) is 0.410. The van der Waals surface area contributed by atoms with Crippen LogP contribution in [-0.2, 0) is 33.3 Å². The number of rotatable bonds is 5. The molecular formula is C13H21F3O7S. The van der Waals surface area contributed by atoms with Crippen molar-refractivity contribution in [1.29, 1.82) is 0 Å². The molecule has 24 heavy (non-hydrogen) atoms. The lowest BCUT2D eigenvalue weighted by Gasteiger charge is -2.48. The Bertz CT molecular complexity index is 571. The summed E-state index contributed by atoms with van der Waals surface area (Å²) in [6, 6.07) is 0. The molecule has 1 rings (SSSR count). The maximum absolute atomic E-state index is 12.6. The predicted octanol–water partition coefficient (Wildman–Crippen LogP) is 1.96. The molecule has 0 aromatic carbocycles. The normalized spacial score (nSPS) is 21.3. The van der Waals surface area contributed by atoms with Crippen LogP contribution in [0.4, 0.5) is 13.2 Å². The Hall–Kier alpha value is -0.910. The molecule has 1 heterocycles. The van der Waals surface area contributed by atoms with Crippen LogP contribution >= 0.6 is 0 Å². The van der Waals surface area contributed by atoms with Crippen LogP contribution in [-0.4, -0.2) is 51.1 Å². The summed E-state index contributed by atoms with van der Waals surface area (Å²) in [5.41, 5.74) is -9.66. The highest BCUT2D eigenvalue weighted by Crippen LogP contribution is 2.44. The second kappa shape index (κ2) is 6.43. The average Bonchev–Trinajstić information content (AvgIpc) is 2.36. The lowest BCUT2D eigenvalue weighted by atomic mass is 9.74. The average molecular weight is 378 g/mol. The van der Waals surface area contributed by atoms with Crippen LogP contribution in [0.1, 0.15) is 34.6 Å². The minimum Gasteiger partial charge on any atom is -0.465 e. The fourth-order valence-electron chi connectivity index (χ4n) is 2.06. The van der Waals surface area contributed by atoms with Gasteiger partial charge in [0.05, 0.1) is 19.8 Å². The molecule has 0 unspecified atom stereocenters. The summed E-state index contributed by atoms with van der Waals surface area (Å²) in [4.78, 5) is 12.4. The van der Waals surface area contributed by atoms with E-state index in [-0.39, 0.29) is 6.61 Å². The van der Waals surface area contributed by atoms with Gasteiger partial charge in [0.2, 0.25) is 0 Å². The van der Waals surface area contributed by atoms with E-state index in [0.717, 1.165) is 13.8 Å². The molecular weight excluding hydrogens is 357 g/mol. The highest BCUT2D eigenvalue weighted by molar-refractivity contribution is 7.87. The van der Waals surface area contributed by atoms with Crippen LogP contribution in [0.2, 0.25) is 0 Å². The summed E-state index contributed by atoms with van der Waals surface area (Å²) >= 11 is 0. The van der Waals surface area contributed by atoms with Gasteiger partial charge in [0.25, 0.3) is 0 Å². The van der Waals surface area contributed by atoms with Crippen molar-refractivity contribution < 1.29 is 44.8 Å². The number of hydrogen-bond acceptors (Lipinski definition) is 7. The summed E-state index contributed by atoms with van der Waals surface area (Å²) in [6.45, 7) is 5.74. The first-order valence-electron chi connectivity index (χ1n) is 7.07. The van der Waals surface area contributed by atoms with E-state index in [0.29, 0.717) is 0 Å². The SMILES string of the molecule is CCOC(=O)C1(C(C)(C)OS(=O)(=O)C(F)(F)F)COC(C)(C)OC1. The monoisotopic (exact) mass is 378 g/mol. The number of halogens is 3. The molecule has 0 spiro atoms. The van der Waals surface area contributed by atoms with Gasteiger partial charge in [0.1, 0.15) is 11.0 Å². The van der Waals surface area contributed by atoms with Crippen molar-refractivity contribution in [1.82, 2.24) is 0 Å². The van der Waals surface area contributed by atoms with Crippen LogP contribution in [0.25, 0.3) is 0 Å². The summed E-state index contributed by atoms with van der Waals surface area (Å²) < 4.78 is 80.6. The van der Waals surface area contributed by atoms with Crippen LogP contribution < -0.4 is 0 Å². The third-order valence-corrected chi connectivity index (χ3v) is 4.96. The van der Waals surface area contributed by atoms with E-state index < -0.39 is 51.6 Å². The van der Waals surface area contributed by atoms with Gasteiger partial charge in [-0.05, 0) is 34.6 Å². The molecule has 0 aromatic rings. The first-order valence-corrected chi connectivity index (χ1v) is 8.48. The third-order valence-electron chi connectivity index (χ3n) is 3.75. The lowest BCUT2D eigenvalue weighted by molar-refractivity contribution is -0.304. The fraction of sp³-hybridized carbons (Fsp3) is 0.923. The molecule has 0 saturated carbocycles. The standard InChI is InChI=1S/C13H21F3O7S/c1-6-20-9(17)12(7-21-11(4,5)22-8-12)10(2,3)23-24(18,19)13(14,15)16/h6-8H2,1-5H3. The maximum atomic E-state index is 12.6. The van der Waals surface area contributed by atoms with Gasteiger partial charge in [0, 0.05) is 0 Å². The Morgan fingerprint density at radius 3 is 2.00 bits per heavy atom. The van der Waals surface area contributed by atoms with E-state index in [1.165, 1.54) is 6.92 Å². The molecule has 1 aliphatic rings. The Labute approximate surface area is 138 Å². The topological polar surface area (TPSA) is 88.1 Å². The molecule has 7 nitrogen and oxygen atoms in total. The summed E-state index contributed by atoms with van der Waals surface area (Å²) in [5.74, 6) is -2.06. The maximum Gasteiger partial charge on any atom is 0.523 e.